The van der Waals surface area contributed by atoms with Gasteiger partial charge in [-0.3, -0.25) is 9.78 Å². The normalized spacial score (nSPS) is 25.7. The van der Waals surface area contributed by atoms with Gasteiger partial charge in [0, 0.05) is 31.4 Å². The molecule has 3 saturated heterocycles. The van der Waals surface area contributed by atoms with Crippen molar-refractivity contribution in [3.8, 4) is 11.3 Å². The molecular weight excluding hydrogens is 307 g/mol. The minimum atomic E-state index is -0.386. The highest BCUT2D eigenvalue weighted by Gasteiger charge is 2.35. The topological polar surface area (TPSA) is 50.2 Å². The number of hydrogen-bond donors (Lipinski definition) is 1. The Bertz CT molecular complexity index is 764. The second-order valence-corrected chi connectivity index (χ2v) is 6.74. The Labute approximate surface area is 140 Å². The van der Waals surface area contributed by atoms with Crippen LogP contribution < -0.4 is 5.32 Å². The molecule has 2 bridgehead atoms. The first-order valence-electron chi connectivity index (χ1n) is 8.42. The molecule has 2 aromatic rings. The minimum Gasteiger partial charge on any atom is -0.346 e. The molecule has 24 heavy (non-hydrogen) atoms. The van der Waals surface area contributed by atoms with Gasteiger partial charge in [0.25, 0.3) is 5.91 Å². The molecule has 0 spiro atoms. The molecule has 6 heteroatoms. The summed E-state index contributed by atoms with van der Waals surface area (Å²) in [5.41, 5.74) is 1.68. The van der Waals surface area contributed by atoms with Crippen molar-refractivity contribution >= 4 is 5.91 Å². The molecule has 0 radical (unpaired) electrons. The maximum absolute atomic E-state index is 14.0. The predicted molar refractivity (Wildman–Crippen MR) is 89.0 cm³/mol. The quantitative estimate of drug-likeness (QED) is 0.938. The molecule has 0 aliphatic carbocycles. The van der Waals surface area contributed by atoms with Gasteiger partial charge in [-0.05, 0) is 50.0 Å². The van der Waals surface area contributed by atoms with Gasteiger partial charge >= 0.3 is 0 Å². The van der Waals surface area contributed by atoms with Gasteiger partial charge in [-0.15, -0.1) is 0 Å². The van der Waals surface area contributed by atoms with Crippen LogP contribution >= 0.6 is 0 Å². The van der Waals surface area contributed by atoms with Crippen molar-refractivity contribution in [2.75, 3.05) is 19.6 Å². The molecule has 5 heterocycles. The second-order valence-electron chi connectivity index (χ2n) is 6.74. The van der Waals surface area contributed by atoms with Crippen LogP contribution in [-0.4, -0.2) is 46.0 Å². The van der Waals surface area contributed by atoms with Gasteiger partial charge in [0.1, 0.15) is 5.69 Å². The van der Waals surface area contributed by atoms with Crippen molar-refractivity contribution in [2.24, 2.45) is 13.0 Å². The molecule has 1 atom stereocenters. The number of pyridine rings is 1. The summed E-state index contributed by atoms with van der Waals surface area (Å²) in [6, 6.07) is 5.38. The summed E-state index contributed by atoms with van der Waals surface area (Å²) in [4.78, 5) is 18.9. The number of rotatable bonds is 3. The number of nitrogens with one attached hydrogen (secondary N) is 1. The first-order valence-corrected chi connectivity index (χ1v) is 8.42. The third kappa shape index (κ3) is 2.60. The van der Waals surface area contributed by atoms with E-state index in [4.69, 9.17) is 0 Å². The van der Waals surface area contributed by atoms with Crippen molar-refractivity contribution in [1.82, 2.24) is 19.8 Å². The molecule has 126 valence electrons. The van der Waals surface area contributed by atoms with Crippen LogP contribution in [0.5, 0.6) is 0 Å². The number of carbonyl (C=O) groups excluding carboxylic acids is 1. The van der Waals surface area contributed by atoms with E-state index in [-0.39, 0.29) is 17.8 Å². The van der Waals surface area contributed by atoms with E-state index in [1.165, 1.54) is 6.20 Å². The van der Waals surface area contributed by atoms with Crippen molar-refractivity contribution in [2.45, 2.75) is 18.9 Å². The van der Waals surface area contributed by atoms with Crippen LogP contribution in [0.25, 0.3) is 11.3 Å². The molecule has 5 rings (SSSR count). The van der Waals surface area contributed by atoms with E-state index in [0.29, 0.717) is 22.9 Å². The van der Waals surface area contributed by atoms with Gasteiger partial charge in [0.05, 0.1) is 11.9 Å². The lowest BCUT2D eigenvalue weighted by Crippen LogP contribution is -2.57. The Hall–Kier alpha value is -2.21. The van der Waals surface area contributed by atoms with Crippen LogP contribution in [-0.2, 0) is 7.05 Å². The Morgan fingerprint density at radius 3 is 2.75 bits per heavy atom. The number of nitrogens with zero attached hydrogens (tertiary/aromatic N) is 3. The molecule has 5 nitrogen and oxygen atoms in total. The van der Waals surface area contributed by atoms with E-state index >= 15 is 0 Å². The number of halogens is 1. The van der Waals surface area contributed by atoms with Crippen LogP contribution in [0.2, 0.25) is 0 Å². The lowest BCUT2D eigenvalue weighted by molar-refractivity contribution is 0.0616. The van der Waals surface area contributed by atoms with Crippen LogP contribution in [0.3, 0.4) is 0 Å². The zero-order valence-corrected chi connectivity index (χ0v) is 13.7. The van der Waals surface area contributed by atoms with E-state index in [0.717, 1.165) is 32.5 Å². The summed E-state index contributed by atoms with van der Waals surface area (Å²) in [5.74, 6) is 0.108. The van der Waals surface area contributed by atoms with E-state index < -0.39 is 0 Å². The zero-order chi connectivity index (χ0) is 16.7. The molecule has 2 aromatic heterocycles. The van der Waals surface area contributed by atoms with E-state index in [1.54, 1.807) is 36.0 Å². The van der Waals surface area contributed by atoms with Gasteiger partial charge in [0.2, 0.25) is 0 Å². The van der Waals surface area contributed by atoms with Gasteiger partial charge in [0.15, 0.2) is 5.82 Å². The highest BCUT2D eigenvalue weighted by molar-refractivity contribution is 5.94. The summed E-state index contributed by atoms with van der Waals surface area (Å²) in [5, 5.41) is 3.18. The molecule has 1 amide bonds. The van der Waals surface area contributed by atoms with Gasteiger partial charge < -0.3 is 14.8 Å². The van der Waals surface area contributed by atoms with Crippen LogP contribution in [0.1, 0.15) is 23.3 Å². The fourth-order valence-electron chi connectivity index (χ4n) is 3.96. The van der Waals surface area contributed by atoms with Crippen molar-refractivity contribution < 1.29 is 9.18 Å². The van der Waals surface area contributed by atoms with E-state index in [2.05, 4.69) is 15.2 Å². The van der Waals surface area contributed by atoms with E-state index in [9.17, 15) is 9.18 Å². The summed E-state index contributed by atoms with van der Waals surface area (Å²) in [6.07, 6.45) is 5.06. The fourth-order valence-corrected chi connectivity index (χ4v) is 3.96. The predicted octanol–water partition coefficient (Wildman–Crippen LogP) is 2.05. The third-order valence-corrected chi connectivity index (χ3v) is 5.38. The largest absolute Gasteiger partial charge is 0.346 e. The van der Waals surface area contributed by atoms with Crippen molar-refractivity contribution in [3.63, 3.8) is 0 Å². The van der Waals surface area contributed by atoms with Crippen LogP contribution in [0.4, 0.5) is 4.39 Å². The molecule has 3 aliphatic heterocycles. The van der Waals surface area contributed by atoms with E-state index in [1.807, 2.05) is 0 Å². The molecule has 3 fully saturated rings. The van der Waals surface area contributed by atoms with Crippen molar-refractivity contribution in [1.29, 1.82) is 0 Å². The lowest BCUT2D eigenvalue weighted by atomic mass is 9.84. The fraction of sp³-hybridized carbons (Fsp3) is 0.444. The summed E-state index contributed by atoms with van der Waals surface area (Å²) in [7, 11) is 1.79. The maximum atomic E-state index is 14.0. The van der Waals surface area contributed by atoms with Gasteiger partial charge in [-0.25, -0.2) is 4.39 Å². The lowest BCUT2D eigenvalue weighted by Gasteiger charge is -2.44. The standard InChI is InChI=1S/C18H21FN4O/c1-22-16(13-4-7-20-10-14(13)19)2-3-17(22)18(24)21-15-11-23-8-5-12(15)6-9-23/h2-4,7,10,12,15H,5-6,8-9,11H2,1H3,(H,21,24)/t15-/m0/s1. The number of piperidine rings is 3. The highest BCUT2D eigenvalue weighted by atomic mass is 19.1. The molecule has 1 N–H and O–H groups in total. The number of carbonyl (C=O) groups is 1. The Kier molecular flexibility index (Phi) is 3.84. The Morgan fingerprint density at radius 2 is 2.08 bits per heavy atom. The molecule has 0 unspecified atom stereocenters. The van der Waals surface area contributed by atoms with Gasteiger partial charge in [-0.1, -0.05) is 0 Å². The molecular formula is C18H21FN4O. The summed E-state index contributed by atoms with van der Waals surface area (Å²) in [6.45, 7) is 3.23. The number of amides is 1. The average Bonchev–Trinajstić information content (AvgIpc) is 2.98. The second kappa shape index (κ2) is 6.02. The monoisotopic (exact) mass is 328 g/mol. The molecule has 0 aromatic carbocycles. The zero-order valence-electron chi connectivity index (χ0n) is 13.7. The van der Waals surface area contributed by atoms with Crippen LogP contribution in [0, 0.1) is 11.7 Å². The molecule has 0 saturated carbocycles. The SMILES string of the molecule is Cn1c(C(=O)N[C@H]2CN3CCC2CC3)ccc1-c1ccncc1F. The highest BCUT2D eigenvalue weighted by Crippen LogP contribution is 2.28. The molecule has 3 aliphatic rings. The number of fused-ring (bicyclic) bond motifs is 3. The Balaban J connectivity index is 1.55. The van der Waals surface area contributed by atoms with Gasteiger partial charge in [-0.2, -0.15) is 0 Å². The average molecular weight is 328 g/mol. The summed E-state index contributed by atoms with van der Waals surface area (Å²) < 4.78 is 15.7. The summed E-state index contributed by atoms with van der Waals surface area (Å²) >= 11 is 0. The third-order valence-electron chi connectivity index (χ3n) is 5.38. The number of hydrogen-bond acceptors (Lipinski definition) is 3. The minimum absolute atomic E-state index is 0.0861. The first kappa shape index (κ1) is 15.3. The first-order chi connectivity index (χ1) is 11.6. The smallest absolute Gasteiger partial charge is 0.268 e. The number of aromatic nitrogens is 2. The maximum Gasteiger partial charge on any atom is 0.268 e. The Morgan fingerprint density at radius 1 is 1.29 bits per heavy atom. The van der Waals surface area contributed by atoms with Crippen molar-refractivity contribution in [3.05, 3.63) is 42.1 Å². The van der Waals surface area contributed by atoms with Crippen LogP contribution in [0.15, 0.2) is 30.6 Å².